The smallest absolute Gasteiger partial charge is 0.325 e. The molecule has 0 bridgehead atoms. The molecule has 0 aliphatic carbocycles. The largest absolute Gasteiger partial charge is 0.480 e. The molecule has 1 aromatic carbocycles. The average Bonchev–Trinajstić information content (AvgIpc) is 2.96. The third-order valence-electron chi connectivity index (χ3n) is 3.98. The standard InChI is InChI=1S/C16H18FN3O3/c1-19-9-12(8-18-19)14-10-20(6-7-23-14)15(16(21)22)11-2-4-13(17)5-3-11/h2-5,8-9,14-15H,6-7,10H2,1H3,(H,21,22). The first-order chi connectivity index (χ1) is 11.0. The Balaban J connectivity index is 1.82. The lowest BCUT2D eigenvalue weighted by Gasteiger charge is -2.36. The van der Waals surface area contributed by atoms with Crippen LogP contribution in [0.15, 0.2) is 36.7 Å². The van der Waals surface area contributed by atoms with Gasteiger partial charge in [-0.25, -0.2) is 4.39 Å². The molecule has 23 heavy (non-hydrogen) atoms. The quantitative estimate of drug-likeness (QED) is 0.930. The van der Waals surface area contributed by atoms with Crippen LogP contribution in [-0.2, 0) is 16.6 Å². The molecule has 1 saturated heterocycles. The van der Waals surface area contributed by atoms with Gasteiger partial charge in [-0.2, -0.15) is 5.10 Å². The Kier molecular flexibility index (Phi) is 4.40. The number of ether oxygens (including phenoxy) is 1. The van der Waals surface area contributed by atoms with Crippen molar-refractivity contribution in [1.82, 2.24) is 14.7 Å². The summed E-state index contributed by atoms with van der Waals surface area (Å²) >= 11 is 0. The molecule has 0 radical (unpaired) electrons. The van der Waals surface area contributed by atoms with Crippen molar-refractivity contribution in [3.05, 3.63) is 53.6 Å². The second kappa shape index (κ2) is 6.47. The lowest BCUT2D eigenvalue weighted by molar-refractivity contribution is -0.147. The van der Waals surface area contributed by atoms with Crippen LogP contribution in [-0.4, -0.2) is 45.5 Å². The molecule has 1 aliphatic rings. The molecule has 0 amide bonds. The highest BCUT2D eigenvalue weighted by atomic mass is 19.1. The van der Waals surface area contributed by atoms with E-state index >= 15 is 0 Å². The lowest BCUT2D eigenvalue weighted by atomic mass is 10.0. The van der Waals surface area contributed by atoms with Gasteiger partial charge in [0.1, 0.15) is 11.9 Å². The van der Waals surface area contributed by atoms with Gasteiger partial charge in [0.15, 0.2) is 0 Å². The molecule has 1 N–H and O–H groups in total. The summed E-state index contributed by atoms with van der Waals surface area (Å²) in [5.74, 6) is -1.34. The van der Waals surface area contributed by atoms with Crippen LogP contribution in [0.25, 0.3) is 0 Å². The highest BCUT2D eigenvalue weighted by Gasteiger charge is 2.33. The first-order valence-corrected chi connectivity index (χ1v) is 7.37. The number of rotatable bonds is 4. The third kappa shape index (κ3) is 3.40. The minimum atomic E-state index is -0.955. The molecule has 0 spiro atoms. The van der Waals surface area contributed by atoms with E-state index in [0.29, 0.717) is 25.3 Å². The van der Waals surface area contributed by atoms with E-state index in [2.05, 4.69) is 5.10 Å². The zero-order chi connectivity index (χ0) is 16.4. The van der Waals surface area contributed by atoms with Gasteiger partial charge in [-0.15, -0.1) is 0 Å². The average molecular weight is 319 g/mol. The molecule has 122 valence electrons. The fourth-order valence-corrected chi connectivity index (χ4v) is 2.87. The number of hydrogen-bond acceptors (Lipinski definition) is 4. The number of hydrogen-bond donors (Lipinski definition) is 1. The normalized spacial score (nSPS) is 20.3. The van der Waals surface area contributed by atoms with Gasteiger partial charge in [0.2, 0.25) is 0 Å². The summed E-state index contributed by atoms with van der Waals surface area (Å²) in [6.45, 7) is 1.38. The van der Waals surface area contributed by atoms with Crippen LogP contribution < -0.4 is 0 Å². The molecule has 1 aromatic heterocycles. The highest BCUT2D eigenvalue weighted by molar-refractivity contribution is 5.75. The van der Waals surface area contributed by atoms with Gasteiger partial charge < -0.3 is 9.84 Å². The Morgan fingerprint density at radius 1 is 1.43 bits per heavy atom. The number of halogens is 1. The van der Waals surface area contributed by atoms with Gasteiger partial charge in [-0.3, -0.25) is 14.4 Å². The van der Waals surface area contributed by atoms with Crippen LogP contribution in [0.3, 0.4) is 0 Å². The summed E-state index contributed by atoms with van der Waals surface area (Å²) in [4.78, 5) is 13.6. The van der Waals surface area contributed by atoms with Crippen LogP contribution in [0.5, 0.6) is 0 Å². The van der Waals surface area contributed by atoms with Gasteiger partial charge in [-0.05, 0) is 17.7 Å². The molecule has 1 aliphatic heterocycles. The van der Waals surface area contributed by atoms with Crippen molar-refractivity contribution in [2.75, 3.05) is 19.7 Å². The summed E-state index contributed by atoms with van der Waals surface area (Å²) in [5.41, 5.74) is 1.48. The molecule has 2 atom stereocenters. The van der Waals surface area contributed by atoms with Crippen LogP contribution in [0, 0.1) is 5.82 Å². The Labute approximate surface area is 133 Å². The van der Waals surface area contributed by atoms with E-state index < -0.39 is 12.0 Å². The minimum absolute atomic E-state index is 0.222. The molecular weight excluding hydrogens is 301 g/mol. The zero-order valence-electron chi connectivity index (χ0n) is 12.7. The minimum Gasteiger partial charge on any atom is -0.480 e. The Hall–Kier alpha value is -2.25. The number of aliphatic carboxylic acids is 1. The lowest BCUT2D eigenvalue weighted by Crippen LogP contribution is -2.43. The number of carboxylic acids is 1. The van der Waals surface area contributed by atoms with E-state index in [0.717, 1.165) is 5.56 Å². The summed E-state index contributed by atoms with van der Waals surface area (Å²) in [7, 11) is 1.82. The van der Waals surface area contributed by atoms with E-state index in [9.17, 15) is 14.3 Å². The maximum Gasteiger partial charge on any atom is 0.325 e. The monoisotopic (exact) mass is 319 g/mol. The number of benzene rings is 1. The van der Waals surface area contributed by atoms with Crippen LogP contribution in [0.1, 0.15) is 23.3 Å². The highest BCUT2D eigenvalue weighted by Crippen LogP contribution is 2.29. The number of nitrogens with zero attached hydrogens (tertiary/aromatic N) is 3. The predicted molar refractivity (Wildman–Crippen MR) is 80.3 cm³/mol. The Bertz CT molecular complexity index is 686. The van der Waals surface area contributed by atoms with Crippen LogP contribution in [0.2, 0.25) is 0 Å². The van der Waals surface area contributed by atoms with Crippen LogP contribution >= 0.6 is 0 Å². The Morgan fingerprint density at radius 3 is 2.78 bits per heavy atom. The molecule has 2 heterocycles. The van der Waals surface area contributed by atoms with Crippen molar-refractivity contribution in [2.24, 2.45) is 7.05 Å². The maximum absolute atomic E-state index is 13.1. The molecule has 2 unspecified atom stereocenters. The molecule has 2 aromatic rings. The van der Waals surface area contributed by atoms with Crippen molar-refractivity contribution >= 4 is 5.97 Å². The molecule has 1 fully saturated rings. The van der Waals surface area contributed by atoms with E-state index in [4.69, 9.17) is 4.74 Å². The second-order valence-electron chi connectivity index (χ2n) is 5.59. The van der Waals surface area contributed by atoms with Crippen molar-refractivity contribution in [3.63, 3.8) is 0 Å². The van der Waals surface area contributed by atoms with Gasteiger partial charge in [0.25, 0.3) is 0 Å². The third-order valence-corrected chi connectivity index (χ3v) is 3.98. The van der Waals surface area contributed by atoms with Gasteiger partial charge in [0.05, 0.1) is 18.9 Å². The molecule has 7 heteroatoms. The first-order valence-electron chi connectivity index (χ1n) is 7.37. The van der Waals surface area contributed by atoms with Crippen molar-refractivity contribution in [3.8, 4) is 0 Å². The van der Waals surface area contributed by atoms with E-state index in [1.165, 1.54) is 24.3 Å². The molecule has 6 nitrogen and oxygen atoms in total. The van der Waals surface area contributed by atoms with Gasteiger partial charge in [0, 0.05) is 31.9 Å². The molecule has 3 rings (SSSR count). The van der Waals surface area contributed by atoms with Crippen molar-refractivity contribution < 1.29 is 19.0 Å². The van der Waals surface area contributed by atoms with E-state index in [1.807, 2.05) is 18.1 Å². The number of aromatic nitrogens is 2. The number of morpholine rings is 1. The predicted octanol–water partition coefficient (Wildman–Crippen LogP) is 1.76. The number of carbonyl (C=O) groups is 1. The maximum atomic E-state index is 13.1. The first kappa shape index (κ1) is 15.6. The number of aryl methyl sites for hydroxylation is 1. The van der Waals surface area contributed by atoms with Crippen molar-refractivity contribution in [1.29, 1.82) is 0 Å². The number of carboxylic acid groups (broad SMARTS) is 1. The van der Waals surface area contributed by atoms with E-state index in [1.54, 1.807) is 10.9 Å². The SMILES string of the molecule is Cn1cc(C2CN(C(C(=O)O)c3ccc(F)cc3)CCO2)cn1. The van der Waals surface area contributed by atoms with E-state index in [-0.39, 0.29) is 11.9 Å². The fraction of sp³-hybridized carbons (Fsp3) is 0.375. The summed E-state index contributed by atoms with van der Waals surface area (Å²) < 4.78 is 20.5. The zero-order valence-corrected chi connectivity index (χ0v) is 12.7. The van der Waals surface area contributed by atoms with Gasteiger partial charge in [-0.1, -0.05) is 12.1 Å². The van der Waals surface area contributed by atoms with Crippen LogP contribution in [0.4, 0.5) is 4.39 Å². The molecule has 0 saturated carbocycles. The Morgan fingerprint density at radius 2 is 2.17 bits per heavy atom. The topological polar surface area (TPSA) is 67.6 Å². The second-order valence-corrected chi connectivity index (χ2v) is 5.59. The fourth-order valence-electron chi connectivity index (χ4n) is 2.87. The summed E-state index contributed by atoms with van der Waals surface area (Å²) in [6.07, 6.45) is 3.36. The summed E-state index contributed by atoms with van der Waals surface area (Å²) in [5, 5.41) is 13.7. The molecular formula is C16H18FN3O3. The summed E-state index contributed by atoms with van der Waals surface area (Å²) in [6, 6.07) is 4.78. The van der Waals surface area contributed by atoms with Gasteiger partial charge >= 0.3 is 5.97 Å². The van der Waals surface area contributed by atoms with Crippen molar-refractivity contribution in [2.45, 2.75) is 12.1 Å².